The van der Waals surface area contributed by atoms with Crippen molar-refractivity contribution in [3.63, 3.8) is 0 Å². The number of hydrogen-bond donors (Lipinski definition) is 1. The fourth-order valence-electron chi connectivity index (χ4n) is 3.60. The highest BCUT2D eigenvalue weighted by Crippen LogP contribution is 2.36. The van der Waals surface area contributed by atoms with E-state index in [1.54, 1.807) is 0 Å². The molecule has 0 aliphatic rings. The van der Waals surface area contributed by atoms with Crippen LogP contribution < -0.4 is 0 Å². The molecule has 0 spiro atoms. The topological polar surface area (TPSA) is 9.23 Å². The lowest BCUT2D eigenvalue weighted by atomic mass is 9.92. The van der Waals surface area contributed by atoms with Gasteiger partial charge in [-0.3, -0.25) is 0 Å². The van der Waals surface area contributed by atoms with Crippen molar-refractivity contribution in [2.75, 3.05) is 12.4 Å². The van der Waals surface area contributed by atoms with Gasteiger partial charge in [-0.1, -0.05) is 61.0 Å². The Morgan fingerprint density at radius 2 is 1.42 bits per heavy atom. The van der Waals surface area contributed by atoms with Crippen molar-refractivity contribution in [3.8, 4) is 0 Å². The third-order valence-corrected chi connectivity index (χ3v) is 5.14. The Kier molecular flexibility index (Phi) is 4.59. The lowest BCUT2D eigenvalue weighted by molar-refractivity contribution is 0.118. The van der Waals surface area contributed by atoms with Crippen LogP contribution in [0.3, 0.4) is 0 Å². The van der Waals surface area contributed by atoms with Gasteiger partial charge in [0.05, 0.1) is 6.61 Å². The number of hydrogen-bond acceptors (Lipinski definition) is 2. The largest absolute Gasteiger partial charge is 0.377 e. The van der Waals surface area contributed by atoms with E-state index in [1.165, 1.54) is 50.7 Å². The monoisotopic (exact) mass is 334 g/mol. The van der Waals surface area contributed by atoms with Crippen LogP contribution in [0.4, 0.5) is 0 Å². The summed E-state index contributed by atoms with van der Waals surface area (Å²) in [6.45, 7) is 1.52. The first-order chi connectivity index (χ1) is 11.9. The molecular weight excluding hydrogens is 312 g/mol. The fraction of sp³-hybridized carbons (Fsp3) is 0.273. The molecule has 4 aromatic rings. The highest BCUT2D eigenvalue weighted by atomic mass is 32.1. The first-order valence-electron chi connectivity index (χ1n) is 8.72. The van der Waals surface area contributed by atoms with Gasteiger partial charge in [-0.05, 0) is 56.5 Å². The summed E-state index contributed by atoms with van der Waals surface area (Å²) in [7, 11) is 0. The second kappa shape index (κ2) is 7.00. The van der Waals surface area contributed by atoms with Gasteiger partial charge in [-0.2, -0.15) is 12.6 Å². The van der Waals surface area contributed by atoms with Crippen LogP contribution >= 0.6 is 12.6 Å². The summed E-state index contributed by atoms with van der Waals surface area (Å²) in [4.78, 5) is 0. The van der Waals surface area contributed by atoms with Crippen LogP contribution in [0.5, 0.6) is 0 Å². The normalized spacial score (nSPS) is 11.9. The van der Waals surface area contributed by atoms with E-state index in [9.17, 15) is 0 Å². The maximum absolute atomic E-state index is 5.93. The molecule has 2 heteroatoms. The van der Waals surface area contributed by atoms with Crippen molar-refractivity contribution in [2.24, 2.45) is 0 Å². The van der Waals surface area contributed by atoms with Crippen molar-refractivity contribution in [1.29, 1.82) is 0 Å². The van der Waals surface area contributed by atoms with Crippen LogP contribution in [0.1, 0.15) is 24.8 Å². The summed E-state index contributed by atoms with van der Waals surface area (Å²) in [5.41, 5.74) is 1.29. The average Bonchev–Trinajstić information content (AvgIpc) is 2.63. The predicted octanol–water partition coefficient (Wildman–Crippen LogP) is 6.20. The van der Waals surface area contributed by atoms with Crippen LogP contribution in [0.15, 0.2) is 54.6 Å². The van der Waals surface area contributed by atoms with Crippen molar-refractivity contribution in [3.05, 3.63) is 60.2 Å². The van der Waals surface area contributed by atoms with E-state index in [0.29, 0.717) is 6.61 Å². The lowest BCUT2D eigenvalue weighted by Crippen LogP contribution is -1.97. The second-order valence-corrected chi connectivity index (χ2v) is 6.86. The molecular formula is C22H22OS. The predicted molar refractivity (Wildman–Crippen MR) is 108 cm³/mol. The highest BCUT2D eigenvalue weighted by molar-refractivity contribution is 7.80. The minimum Gasteiger partial charge on any atom is -0.377 e. The molecule has 4 aromatic carbocycles. The van der Waals surface area contributed by atoms with Crippen LogP contribution in [-0.2, 0) is 11.3 Å². The zero-order chi connectivity index (χ0) is 16.4. The Labute approximate surface area is 148 Å². The van der Waals surface area contributed by atoms with Gasteiger partial charge in [-0.15, -0.1) is 0 Å². The van der Waals surface area contributed by atoms with E-state index in [1.807, 2.05) is 0 Å². The van der Waals surface area contributed by atoms with Crippen molar-refractivity contribution in [1.82, 2.24) is 0 Å². The van der Waals surface area contributed by atoms with Gasteiger partial charge >= 0.3 is 0 Å². The molecule has 0 aromatic heterocycles. The molecule has 0 atom stereocenters. The van der Waals surface area contributed by atoms with E-state index >= 15 is 0 Å². The molecule has 0 unspecified atom stereocenters. The SMILES string of the molecule is SCCCCCOCc1ccc2ccc3cccc4ccc1c2c34. The molecule has 0 saturated carbocycles. The van der Waals surface area contributed by atoms with Crippen LogP contribution in [0.2, 0.25) is 0 Å². The van der Waals surface area contributed by atoms with E-state index in [-0.39, 0.29) is 0 Å². The highest BCUT2D eigenvalue weighted by Gasteiger charge is 2.10. The Bertz CT molecular complexity index is 944. The van der Waals surface area contributed by atoms with E-state index < -0.39 is 0 Å². The summed E-state index contributed by atoms with van der Waals surface area (Å²) in [5, 5.41) is 8.02. The standard InChI is InChI=1S/C22H22OS/c24-14-3-1-2-13-23-15-19-10-9-18-8-7-16-5-4-6-17-11-12-20(19)22(18)21(16)17/h4-12,24H,1-3,13-15H2. The molecule has 0 aliphatic heterocycles. The molecule has 0 aliphatic carbocycles. The van der Waals surface area contributed by atoms with Gasteiger partial charge in [0.2, 0.25) is 0 Å². The molecule has 4 rings (SSSR count). The van der Waals surface area contributed by atoms with Crippen molar-refractivity contribution in [2.45, 2.75) is 25.9 Å². The number of unbranched alkanes of at least 4 members (excludes halogenated alkanes) is 2. The smallest absolute Gasteiger partial charge is 0.0722 e. The Morgan fingerprint density at radius 3 is 2.21 bits per heavy atom. The molecule has 0 saturated heterocycles. The molecule has 1 nitrogen and oxygen atoms in total. The number of benzene rings is 4. The minimum atomic E-state index is 0.690. The molecule has 0 N–H and O–H groups in total. The number of rotatable bonds is 7. The average molecular weight is 334 g/mol. The lowest BCUT2D eigenvalue weighted by Gasteiger charge is -2.14. The van der Waals surface area contributed by atoms with E-state index in [0.717, 1.165) is 18.8 Å². The number of thiol groups is 1. The summed E-state index contributed by atoms with van der Waals surface area (Å²) in [6.07, 6.45) is 3.49. The van der Waals surface area contributed by atoms with Gasteiger partial charge in [0.25, 0.3) is 0 Å². The minimum absolute atomic E-state index is 0.690. The van der Waals surface area contributed by atoms with Gasteiger partial charge < -0.3 is 4.74 Å². The maximum Gasteiger partial charge on any atom is 0.0722 e. The zero-order valence-corrected chi connectivity index (χ0v) is 14.7. The Morgan fingerprint density at radius 1 is 0.708 bits per heavy atom. The first kappa shape index (κ1) is 15.7. The Balaban J connectivity index is 1.67. The summed E-state index contributed by atoms with van der Waals surface area (Å²) in [5.74, 6) is 0.967. The van der Waals surface area contributed by atoms with Crippen molar-refractivity contribution >= 4 is 44.9 Å². The third-order valence-electron chi connectivity index (χ3n) is 4.82. The Hall–Kier alpha value is -1.77. The van der Waals surface area contributed by atoms with E-state index in [2.05, 4.69) is 67.2 Å². The zero-order valence-electron chi connectivity index (χ0n) is 13.8. The maximum atomic E-state index is 5.93. The molecule has 24 heavy (non-hydrogen) atoms. The summed E-state index contributed by atoms with van der Waals surface area (Å²) < 4.78 is 5.93. The molecule has 0 bridgehead atoms. The third kappa shape index (κ3) is 2.85. The van der Waals surface area contributed by atoms with Crippen molar-refractivity contribution < 1.29 is 4.74 Å². The quantitative estimate of drug-likeness (QED) is 0.240. The molecule has 0 radical (unpaired) electrons. The summed E-state index contributed by atoms with van der Waals surface area (Å²) in [6, 6.07) is 19.9. The number of ether oxygens (including phenoxy) is 1. The van der Waals surface area contributed by atoms with E-state index in [4.69, 9.17) is 4.74 Å². The van der Waals surface area contributed by atoms with Crippen LogP contribution in [-0.4, -0.2) is 12.4 Å². The molecule has 0 fully saturated rings. The van der Waals surface area contributed by atoms with Gasteiger partial charge in [0.1, 0.15) is 0 Å². The molecule has 0 heterocycles. The molecule has 122 valence electrons. The van der Waals surface area contributed by atoms with Gasteiger partial charge in [0.15, 0.2) is 0 Å². The van der Waals surface area contributed by atoms with Crippen LogP contribution in [0.25, 0.3) is 32.3 Å². The molecule has 0 amide bonds. The fourth-order valence-corrected chi connectivity index (χ4v) is 3.82. The first-order valence-corrected chi connectivity index (χ1v) is 9.36. The van der Waals surface area contributed by atoms with Gasteiger partial charge in [-0.25, -0.2) is 0 Å². The second-order valence-electron chi connectivity index (χ2n) is 6.42. The van der Waals surface area contributed by atoms with Gasteiger partial charge in [0, 0.05) is 6.61 Å². The summed E-state index contributed by atoms with van der Waals surface area (Å²) >= 11 is 4.25. The van der Waals surface area contributed by atoms with Crippen LogP contribution in [0, 0.1) is 0 Å².